The van der Waals surface area contributed by atoms with Crippen LogP contribution >= 0.6 is 11.6 Å². The summed E-state index contributed by atoms with van der Waals surface area (Å²) in [5, 5.41) is 0. The summed E-state index contributed by atoms with van der Waals surface area (Å²) in [7, 11) is 0. The highest BCUT2D eigenvalue weighted by Crippen LogP contribution is 2.36. The first-order valence-corrected chi connectivity index (χ1v) is 7.06. The van der Waals surface area contributed by atoms with Crippen LogP contribution in [0.25, 0.3) is 0 Å². The molecule has 2 aliphatic rings. The lowest BCUT2D eigenvalue weighted by Crippen LogP contribution is -2.33. The van der Waals surface area contributed by atoms with Gasteiger partial charge in [0.25, 0.3) is 0 Å². The molecule has 1 aromatic carbocycles. The molecular weight excluding hydrogens is 266 g/mol. The summed E-state index contributed by atoms with van der Waals surface area (Å²) in [4.78, 5) is 13.7. The second-order valence-corrected chi connectivity index (χ2v) is 5.10. The number of ether oxygens (including phenoxy) is 2. The van der Waals surface area contributed by atoms with Crippen LogP contribution in [0.3, 0.4) is 0 Å². The number of para-hydroxylation sites is 1. The van der Waals surface area contributed by atoms with E-state index in [0.29, 0.717) is 25.8 Å². The second-order valence-electron chi connectivity index (χ2n) is 4.83. The van der Waals surface area contributed by atoms with Crippen LogP contribution in [0.1, 0.15) is 18.4 Å². The van der Waals surface area contributed by atoms with Crippen LogP contribution in [-0.2, 0) is 11.3 Å². The van der Waals surface area contributed by atoms with Gasteiger partial charge in [0.15, 0.2) is 11.5 Å². The number of amides is 1. The number of carbonyl (C=O) groups is 1. The fourth-order valence-corrected chi connectivity index (χ4v) is 2.48. The lowest BCUT2D eigenvalue weighted by molar-refractivity contribution is -0.129. The van der Waals surface area contributed by atoms with E-state index in [1.807, 2.05) is 23.1 Å². The molecule has 1 saturated carbocycles. The highest BCUT2D eigenvalue weighted by atomic mass is 35.5. The zero-order valence-corrected chi connectivity index (χ0v) is 11.4. The van der Waals surface area contributed by atoms with E-state index in [1.54, 1.807) is 0 Å². The van der Waals surface area contributed by atoms with Crippen molar-refractivity contribution in [3.8, 4) is 11.5 Å². The maximum absolute atomic E-state index is 11.9. The molecule has 19 heavy (non-hydrogen) atoms. The van der Waals surface area contributed by atoms with Crippen molar-refractivity contribution in [3.63, 3.8) is 0 Å². The van der Waals surface area contributed by atoms with Crippen LogP contribution in [-0.4, -0.2) is 35.9 Å². The van der Waals surface area contributed by atoms with Gasteiger partial charge in [0.05, 0.1) is 0 Å². The SMILES string of the molecule is O=C(CCl)N(Cc1cccc2c1OCCO2)C1CC1. The molecule has 1 amide bonds. The normalized spacial score (nSPS) is 17.1. The molecule has 0 aromatic heterocycles. The number of rotatable bonds is 4. The smallest absolute Gasteiger partial charge is 0.238 e. The molecule has 0 atom stereocenters. The predicted octanol–water partition coefficient (Wildman–Crippen LogP) is 2.19. The molecule has 3 rings (SSSR count). The van der Waals surface area contributed by atoms with Crippen molar-refractivity contribution in [3.05, 3.63) is 23.8 Å². The Morgan fingerprint density at radius 2 is 2.11 bits per heavy atom. The Hall–Kier alpha value is -1.42. The fourth-order valence-electron chi connectivity index (χ4n) is 2.33. The third-order valence-electron chi connectivity index (χ3n) is 3.41. The summed E-state index contributed by atoms with van der Waals surface area (Å²) in [6.45, 7) is 1.67. The summed E-state index contributed by atoms with van der Waals surface area (Å²) in [6, 6.07) is 6.14. The van der Waals surface area contributed by atoms with Gasteiger partial charge >= 0.3 is 0 Å². The Morgan fingerprint density at radius 3 is 2.84 bits per heavy atom. The predicted molar refractivity (Wildman–Crippen MR) is 71.7 cm³/mol. The van der Waals surface area contributed by atoms with Gasteiger partial charge in [-0.1, -0.05) is 12.1 Å². The average Bonchev–Trinajstić information content (AvgIpc) is 3.28. The molecule has 0 bridgehead atoms. The number of hydrogen-bond acceptors (Lipinski definition) is 3. The van der Waals surface area contributed by atoms with Gasteiger partial charge in [0.1, 0.15) is 19.1 Å². The number of alkyl halides is 1. The van der Waals surface area contributed by atoms with Gasteiger partial charge in [-0.05, 0) is 18.9 Å². The first-order valence-electron chi connectivity index (χ1n) is 6.52. The number of benzene rings is 1. The minimum atomic E-state index is -0.0153. The van der Waals surface area contributed by atoms with Crippen LogP contribution in [0.4, 0.5) is 0 Å². The summed E-state index contributed by atoms with van der Waals surface area (Å²) in [5.41, 5.74) is 0.988. The standard InChI is InChI=1S/C14H16ClNO3/c15-8-13(17)16(11-4-5-11)9-10-2-1-3-12-14(10)19-7-6-18-12/h1-3,11H,4-9H2. The molecule has 1 aliphatic heterocycles. The van der Waals surface area contributed by atoms with E-state index < -0.39 is 0 Å². The first kappa shape index (κ1) is 12.6. The summed E-state index contributed by atoms with van der Waals surface area (Å²) in [5.74, 6) is 1.54. The number of hydrogen-bond donors (Lipinski definition) is 0. The van der Waals surface area contributed by atoms with Crippen molar-refractivity contribution in [2.24, 2.45) is 0 Å². The molecule has 1 heterocycles. The minimum Gasteiger partial charge on any atom is -0.486 e. The summed E-state index contributed by atoms with van der Waals surface area (Å²) < 4.78 is 11.2. The van der Waals surface area contributed by atoms with Gasteiger partial charge in [-0.3, -0.25) is 4.79 Å². The maximum Gasteiger partial charge on any atom is 0.238 e. The van der Waals surface area contributed by atoms with E-state index in [0.717, 1.165) is 29.9 Å². The highest BCUT2D eigenvalue weighted by Gasteiger charge is 2.33. The molecule has 0 saturated heterocycles. The Labute approximate surface area is 117 Å². The number of fused-ring (bicyclic) bond motifs is 1. The monoisotopic (exact) mass is 281 g/mol. The van der Waals surface area contributed by atoms with E-state index in [2.05, 4.69) is 0 Å². The van der Waals surface area contributed by atoms with Crippen molar-refractivity contribution in [1.29, 1.82) is 0 Å². The molecule has 0 N–H and O–H groups in total. The van der Waals surface area contributed by atoms with Gasteiger partial charge in [0, 0.05) is 18.2 Å². The minimum absolute atomic E-state index is 0.0153. The van der Waals surface area contributed by atoms with Gasteiger partial charge in [0.2, 0.25) is 5.91 Å². The van der Waals surface area contributed by atoms with Gasteiger partial charge in [-0.25, -0.2) is 0 Å². The van der Waals surface area contributed by atoms with E-state index in [-0.39, 0.29) is 11.8 Å². The molecule has 4 nitrogen and oxygen atoms in total. The molecule has 102 valence electrons. The quantitative estimate of drug-likeness (QED) is 0.794. The molecule has 1 aromatic rings. The Bertz CT molecular complexity index is 488. The second kappa shape index (κ2) is 5.29. The summed E-state index contributed by atoms with van der Waals surface area (Å²) in [6.07, 6.45) is 2.13. The Kier molecular flexibility index (Phi) is 3.51. The lowest BCUT2D eigenvalue weighted by Gasteiger charge is -2.25. The third kappa shape index (κ3) is 2.63. The Morgan fingerprint density at radius 1 is 1.32 bits per heavy atom. The fraction of sp³-hybridized carbons (Fsp3) is 0.500. The molecule has 0 unspecified atom stereocenters. The average molecular weight is 282 g/mol. The van der Waals surface area contributed by atoms with Crippen molar-refractivity contribution >= 4 is 17.5 Å². The zero-order valence-electron chi connectivity index (χ0n) is 10.6. The van der Waals surface area contributed by atoms with Crippen LogP contribution in [0.5, 0.6) is 11.5 Å². The largest absolute Gasteiger partial charge is 0.486 e. The van der Waals surface area contributed by atoms with E-state index >= 15 is 0 Å². The lowest BCUT2D eigenvalue weighted by atomic mass is 10.1. The molecule has 0 radical (unpaired) electrons. The van der Waals surface area contributed by atoms with Crippen LogP contribution in [0, 0.1) is 0 Å². The van der Waals surface area contributed by atoms with Crippen LogP contribution in [0.2, 0.25) is 0 Å². The third-order valence-corrected chi connectivity index (χ3v) is 3.64. The number of carbonyl (C=O) groups excluding carboxylic acids is 1. The molecule has 0 spiro atoms. The first-order chi connectivity index (χ1) is 9.29. The summed E-state index contributed by atoms with van der Waals surface area (Å²) >= 11 is 5.68. The maximum atomic E-state index is 11.9. The topological polar surface area (TPSA) is 38.8 Å². The van der Waals surface area contributed by atoms with E-state index in [1.165, 1.54) is 0 Å². The molecule has 5 heteroatoms. The zero-order chi connectivity index (χ0) is 13.2. The van der Waals surface area contributed by atoms with Gasteiger partial charge in [-0.2, -0.15) is 0 Å². The van der Waals surface area contributed by atoms with Crippen LogP contribution < -0.4 is 9.47 Å². The number of nitrogens with zero attached hydrogens (tertiary/aromatic N) is 1. The van der Waals surface area contributed by atoms with Crippen LogP contribution in [0.15, 0.2) is 18.2 Å². The molecule has 1 aliphatic carbocycles. The van der Waals surface area contributed by atoms with Gasteiger partial charge < -0.3 is 14.4 Å². The molecular formula is C14H16ClNO3. The van der Waals surface area contributed by atoms with Crippen molar-refractivity contribution in [2.75, 3.05) is 19.1 Å². The van der Waals surface area contributed by atoms with E-state index in [9.17, 15) is 4.79 Å². The van der Waals surface area contributed by atoms with Crippen molar-refractivity contribution < 1.29 is 14.3 Å². The highest BCUT2D eigenvalue weighted by molar-refractivity contribution is 6.27. The Balaban J connectivity index is 1.83. The van der Waals surface area contributed by atoms with E-state index in [4.69, 9.17) is 21.1 Å². The van der Waals surface area contributed by atoms with Gasteiger partial charge in [-0.15, -0.1) is 11.6 Å². The number of halogens is 1. The van der Waals surface area contributed by atoms with Crippen molar-refractivity contribution in [2.45, 2.75) is 25.4 Å². The van der Waals surface area contributed by atoms with Crippen molar-refractivity contribution in [1.82, 2.24) is 4.90 Å². The molecule has 1 fully saturated rings.